The topological polar surface area (TPSA) is 102 Å². The van der Waals surface area contributed by atoms with Crippen LogP contribution < -0.4 is 5.32 Å². The Balaban J connectivity index is 1.61. The summed E-state index contributed by atoms with van der Waals surface area (Å²) in [5.74, 6) is -1.74. The maximum absolute atomic E-state index is 12.3. The normalized spacial score (nSPS) is 13.0. The third kappa shape index (κ3) is 4.73. The molecule has 0 radical (unpaired) electrons. The Morgan fingerprint density at radius 2 is 1.75 bits per heavy atom. The number of cyclic esters (lactones) is 1. The number of amides is 3. The molecule has 8 heteroatoms. The fourth-order valence-electron chi connectivity index (χ4n) is 2.65. The van der Waals surface area contributed by atoms with E-state index in [-0.39, 0.29) is 36.7 Å². The smallest absolute Gasteiger partial charge is 0.416 e. The largest absolute Gasteiger partial charge is 0.452 e. The summed E-state index contributed by atoms with van der Waals surface area (Å²) >= 11 is 0. The molecule has 2 aromatic carbocycles. The lowest BCUT2D eigenvalue weighted by atomic mass is 10.1. The average Bonchev–Trinajstić information content (AvgIpc) is 3.13. The van der Waals surface area contributed by atoms with E-state index in [9.17, 15) is 19.2 Å². The van der Waals surface area contributed by atoms with Gasteiger partial charge in [-0.05, 0) is 17.7 Å². The van der Waals surface area contributed by atoms with Gasteiger partial charge >= 0.3 is 12.1 Å². The van der Waals surface area contributed by atoms with E-state index in [0.29, 0.717) is 0 Å². The molecule has 1 aliphatic heterocycles. The van der Waals surface area contributed by atoms with Gasteiger partial charge in [-0.3, -0.25) is 9.59 Å². The van der Waals surface area contributed by atoms with Crippen LogP contribution in [0.1, 0.15) is 15.9 Å². The van der Waals surface area contributed by atoms with E-state index in [2.05, 4.69) is 10.1 Å². The molecule has 28 heavy (non-hydrogen) atoms. The molecule has 0 aliphatic carbocycles. The van der Waals surface area contributed by atoms with Gasteiger partial charge in [0.05, 0.1) is 24.2 Å². The van der Waals surface area contributed by atoms with Crippen LogP contribution in [0.2, 0.25) is 0 Å². The third-order valence-corrected chi connectivity index (χ3v) is 4.02. The van der Waals surface area contributed by atoms with Gasteiger partial charge in [0.15, 0.2) is 6.61 Å². The van der Waals surface area contributed by atoms with Gasteiger partial charge in [0.25, 0.3) is 5.91 Å². The standard InChI is InChI=1S/C20H18N2O6/c23-17(12-14-6-2-1-3-7-14)21-16-9-5-4-8-15(16)19(25)28-13-18(24)22-10-11-27-20(22)26/h1-9H,10-13H2,(H,21,23). The van der Waals surface area contributed by atoms with Crippen molar-refractivity contribution in [1.82, 2.24) is 4.90 Å². The van der Waals surface area contributed by atoms with E-state index in [1.165, 1.54) is 6.07 Å². The fourth-order valence-corrected chi connectivity index (χ4v) is 2.65. The molecule has 1 N–H and O–H groups in total. The van der Waals surface area contributed by atoms with Crippen LogP contribution in [0.25, 0.3) is 0 Å². The molecule has 3 amide bonds. The number of ether oxygens (including phenoxy) is 2. The number of esters is 1. The van der Waals surface area contributed by atoms with E-state index in [4.69, 9.17) is 4.74 Å². The molecule has 0 aromatic heterocycles. The van der Waals surface area contributed by atoms with Crippen LogP contribution in [0.3, 0.4) is 0 Å². The molecular weight excluding hydrogens is 364 g/mol. The summed E-state index contributed by atoms with van der Waals surface area (Å²) in [4.78, 5) is 48.8. The van der Waals surface area contributed by atoms with E-state index in [0.717, 1.165) is 10.5 Å². The first kappa shape index (κ1) is 19.1. The quantitative estimate of drug-likeness (QED) is 0.767. The minimum Gasteiger partial charge on any atom is -0.452 e. The molecule has 1 heterocycles. The highest BCUT2D eigenvalue weighted by Crippen LogP contribution is 2.17. The van der Waals surface area contributed by atoms with Crippen molar-refractivity contribution in [2.24, 2.45) is 0 Å². The summed E-state index contributed by atoms with van der Waals surface area (Å²) in [6, 6.07) is 15.5. The number of imide groups is 1. The summed E-state index contributed by atoms with van der Waals surface area (Å²) in [6.07, 6.45) is -0.602. The van der Waals surface area contributed by atoms with Gasteiger partial charge in [0, 0.05) is 0 Å². The lowest BCUT2D eigenvalue weighted by Gasteiger charge is -2.13. The molecule has 0 atom stereocenters. The van der Waals surface area contributed by atoms with Crippen LogP contribution in [-0.2, 0) is 25.5 Å². The summed E-state index contributed by atoms with van der Waals surface area (Å²) in [5.41, 5.74) is 1.23. The zero-order chi connectivity index (χ0) is 19.9. The molecule has 1 saturated heterocycles. The Labute approximate surface area is 161 Å². The van der Waals surface area contributed by atoms with Crippen molar-refractivity contribution < 1.29 is 28.7 Å². The van der Waals surface area contributed by atoms with Gasteiger partial charge in [-0.25, -0.2) is 14.5 Å². The van der Waals surface area contributed by atoms with E-state index in [1.807, 2.05) is 30.3 Å². The number of hydrogen-bond donors (Lipinski definition) is 1. The van der Waals surface area contributed by atoms with Crippen LogP contribution >= 0.6 is 0 Å². The Morgan fingerprint density at radius 3 is 2.46 bits per heavy atom. The highest BCUT2D eigenvalue weighted by atomic mass is 16.6. The van der Waals surface area contributed by atoms with Gasteiger partial charge < -0.3 is 14.8 Å². The van der Waals surface area contributed by atoms with Gasteiger partial charge in [0.2, 0.25) is 5.91 Å². The minimum absolute atomic E-state index is 0.112. The van der Waals surface area contributed by atoms with Crippen LogP contribution in [0.5, 0.6) is 0 Å². The highest BCUT2D eigenvalue weighted by Gasteiger charge is 2.29. The summed E-state index contributed by atoms with van der Waals surface area (Å²) in [7, 11) is 0. The number of carbonyl (C=O) groups is 4. The van der Waals surface area contributed by atoms with E-state index in [1.54, 1.807) is 18.2 Å². The van der Waals surface area contributed by atoms with Crippen LogP contribution in [0.4, 0.5) is 10.5 Å². The summed E-state index contributed by atoms with van der Waals surface area (Å²) in [5, 5.41) is 2.68. The molecule has 3 rings (SSSR count). The van der Waals surface area contributed by atoms with E-state index < -0.39 is 24.6 Å². The molecule has 1 aliphatic rings. The lowest BCUT2D eigenvalue weighted by Crippen LogP contribution is -2.35. The Hall–Kier alpha value is -3.68. The Bertz CT molecular complexity index is 897. The second-order valence-electron chi connectivity index (χ2n) is 5.99. The maximum atomic E-state index is 12.3. The SMILES string of the molecule is O=C(Cc1ccccc1)Nc1ccccc1C(=O)OCC(=O)N1CCOC1=O. The van der Waals surface area contributed by atoms with Gasteiger partial charge in [-0.2, -0.15) is 0 Å². The fraction of sp³-hybridized carbons (Fsp3) is 0.200. The first-order valence-corrected chi connectivity index (χ1v) is 8.61. The minimum atomic E-state index is -0.781. The number of anilines is 1. The summed E-state index contributed by atoms with van der Waals surface area (Å²) < 4.78 is 9.67. The Kier molecular flexibility index (Phi) is 6.01. The predicted molar refractivity (Wildman–Crippen MR) is 98.6 cm³/mol. The molecular formula is C20H18N2O6. The molecule has 0 saturated carbocycles. The third-order valence-electron chi connectivity index (χ3n) is 4.02. The number of nitrogens with one attached hydrogen (secondary N) is 1. The zero-order valence-electron chi connectivity index (χ0n) is 14.9. The first-order valence-electron chi connectivity index (χ1n) is 8.61. The number of para-hydroxylation sites is 1. The second kappa shape index (κ2) is 8.81. The molecule has 8 nitrogen and oxygen atoms in total. The predicted octanol–water partition coefficient (Wildman–Crippen LogP) is 2.00. The van der Waals surface area contributed by atoms with Crippen molar-refractivity contribution in [2.45, 2.75) is 6.42 Å². The van der Waals surface area contributed by atoms with Crippen molar-refractivity contribution in [3.05, 3.63) is 65.7 Å². The van der Waals surface area contributed by atoms with Crippen LogP contribution in [-0.4, -0.2) is 48.5 Å². The number of nitrogens with zero attached hydrogens (tertiary/aromatic N) is 1. The van der Waals surface area contributed by atoms with Crippen molar-refractivity contribution in [2.75, 3.05) is 25.1 Å². The van der Waals surface area contributed by atoms with Crippen molar-refractivity contribution in [3.8, 4) is 0 Å². The summed E-state index contributed by atoms with van der Waals surface area (Å²) in [6.45, 7) is -0.351. The molecule has 1 fully saturated rings. The van der Waals surface area contributed by atoms with E-state index >= 15 is 0 Å². The average molecular weight is 382 g/mol. The number of carbonyl (C=O) groups excluding carboxylic acids is 4. The lowest BCUT2D eigenvalue weighted by molar-refractivity contribution is -0.131. The van der Waals surface area contributed by atoms with Gasteiger partial charge in [0.1, 0.15) is 6.61 Å². The Morgan fingerprint density at radius 1 is 1.04 bits per heavy atom. The van der Waals surface area contributed by atoms with Crippen molar-refractivity contribution in [3.63, 3.8) is 0 Å². The monoisotopic (exact) mass is 382 g/mol. The highest BCUT2D eigenvalue weighted by molar-refractivity contribution is 6.02. The molecule has 0 unspecified atom stereocenters. The van der Waals surface area contributed by atoms with Crippen molar-refractivity contribution >= 4 is 29.6 Å². The molecule has 0 bridgehead atoms. The first-order chi connectivity index (χ1) is 13.5. The molecule has 0 spiro atoms. The van der Waals surface area contributed by atoms with Gasteiger partial charge in [-0.15, -0.1) is 0 Å². The van der Waals surface area contributed by atoms with Crippen LogP contribution in [0, 0.1) is 0 Å². The number of rotatable bonds is 6. The number of benzene rings is 2. The molecule has 144 valence electrons. The molecule has 2 aromatic rings. The van der Waals surface area contributed by atoms with Gasteiger partial charge in [-0.1, -0.05) is 42.5 Å². The zero-order valence-corrected chi connectivity index (χ0v) is 14.9. The number of hydrogen-bond acceptors (Lipinski definition) is 6. The van der Waals surface area contributed by atoms with Crippen molar-refractivity contribution in [1.29, 1.82) is 0 Å². The second-order valence-corrected chi connectivity index (χ2v) is 5.99. The maximum Gasteiger partial charge on any atom is 0.416 e. The van der Waals surface area contributed by atoms with Crippen LogP contribution in [0.15, 0.2) is 54.6 Å².